The van der Waals surface area contributed by atoms with Gasteiger partial charge in [-0.1, -0.05) is 62.9 Å². The van der Waals surface area contributed by atoms with Gasteiger partial charge in [0.2, 0.25) is 5.89 Å². The fourth-order valence-electron chi connectivity index (χ4n) is 2.80. The molecule has 0 unspecified atom stereocenters. The lowest BCUT2D eigenvalue weighted by Crippen LogP contribution is -2.10. The molecular formula is C22H22N4OS. The van der Waals surface area contributed by atoms with Crippen LogP contribution in [-0.4, -0.2) is 20.0 Å². The van der Waals surface area contributed by atoms with Crippen LogP contribution >= 0.6 is 11.8 Å². The van der Waals surface area contributed by atoms with Crippen molar-refractivity contribution in [1.82, 2.24) is 20.0 Å². The van der Waals surface area contributed by atoms with Gasteiger partial charge in [0, 0.05) is 23.1 Å². The smallest absolute Gasteiger partial charge is 0.277 e. The Hall–Kier alpha value is -2.86. The van der Waals surface area contributed by atoms with Gasteiger partial charge in [-0.05, 0) is 35.2 Å². The van der Waals surface area contributed by atoms with Gasteiger partial charge in [-0.3, -0.25) is 0 Å². The molecule has 0 fully saturated rings. The van der Waals surface area contributed by atoms with Crippen molar-refractivity contribution in [3.63, 3.8) is 0 Å². The van der Waals surface area contributed by atoms with E-state index in [1.165, 1.54) is 17.3 Å². The van der Waals surface area contributed by atoms with Crippen molar-refractivity contribution in [2.45, 2.75) is 37.2 Å². The molecule has 0 aliphatic heterocycles. The van der Waals surface area contributed by atoms with E-state index in [0.717, 1.165) is 22.6 Å². The van der Waals surface area contributed by atoms with Crippen molar-refractivity contribution in [3.05, 3.63) is 78.1 Å². The molecule has 2 aromatic heterocycles. The van der Waals surface area contributed by atoms with E-state index in [1.807, 2.05) is 59.5 Å². The van der Waals surface area contributed by atoms with Crippen LogP contribution in [0.3, 0.4) is 0 Å². The fourth-order valence-corrected chi connectivity index (χ4v) is 3.47. The van der Waals surface area contributed by atoms with Crippen molar-refractivity contribution in [3.8, 4) is 17.1 Å². The third-order valence-corrected chi connectivity index (χ3v) is 5.31. The predicted molar refractivity (Wildman–Crippen MR) is 112 cm³/mol. The number of para-hydroxylation sites is 1. The van der Waals surface area contributed by atoms with Crippen molar-refractivity contribution < 1.29 is 4.42 Å². The first kappa shape index (κ1) is 18.5. The van der Waals surface area contributed by atoms with Crippen LogP contribution in [0, 0.1) is 0 Å². The Morgan fingerprint density at radius 1 is 0.964 bits per heavy atom. The summed E-state index contributed by atoms with van der Waals surface area (Å²) in [6.45, 7) is 6.59. The van der Waals surface area contributed by atoms with E-state index in [4.69, 9.17) is 4.42 Å². The van der Waals surface area contributed by atoms with Crippen LogP contribution in [0.4, 0.5) is 0 Å². The van der Waals surface area contributed by atoms with Gasteiger partial charge in [-0.2, -0.15) is 5.10 Å². The molecular weight excluding hydrogens is 368 g/mol. The minimum atomic E-state index is 0.124. The van der Waals surface area contributed by atoms with E-state index in [9.17, 15) is 0 Å². The van der Waals surface area contributed by atoms with Crippen LogP contribution in [0.5, 0.6) is 0 Å². The molecule has 6 heteroatoms. The summed E-state index contributed by atoms with van der Waals surface area (Å²) in [5.74, 6) is 1.26. The number of hydrogen-bond acceptors (Lipinski definition) is 5. The van der Waals surface area contributed by atoms with E-state index in [-0.39, 0.29) is 5.41 Å². The van der Waals surface area contributed by atoms with Crippen LogP contribution < -0.4 is 0 Å². The number of benzene rings is 2. The highest BCUT2D eigenvalue weighted by Crippen LogP contribution is 2.28. The van der Waals surface area contributed by atoms with Gasteiger partial charge in [0.05, 0.1) is 11.9 Å². The zero-order chi connectivity index (χ0) is 19.6. The molecule has 5 nitrogen and oxygen atoms in total. The highest BCUT2D eigenvalue weighted by molar-refractivity contribution is 7.98. The molecule has 0 spiro atoms. The van der Waals surface area contributed by atoms with Crippen molar-refractivity contribution in [2.24, 2.45) is 0 Å². The first-order valence-electron chi connectivity index (χ1n) is 9.15. The van der Waals surface area contributed by atoms with Gasteiger partial charge in [0.15, 0.2) is 0 Å². The van der Waals surface area contributed by atoms with Gasteiger partial charge in [-0.15, -0.1) is 10.2 Å². The predicted octanol–water partition coefficient (Wildman–Crippen LogP) is 5.51. The molecule has 28 heavy (non-hydrogen) atoms. The molecule has 0 saturated heterocycles. The molecule has 0 aliphatic carbocycles. The summed E-state index contributed by atoms with van der Waals surface area (Å²) in [5.41, 5.74) is 4.48. The van der Waals surface area contributed by atoms with E-state index in [1.54, 1.807) is 0 Å². The maximum atomic E-state index is 5.82. The Labute approximate surface area is 168 Å². The van der Waals surface area contributed by atoms with Crippen LogP contribution in [-0.2, 0) is 11.2 Å². The third kappa shape index (κ3) is 4.17. The summed E-state index contributed by atoms with van der Waals surface area (Å²) in [6, 6.07) is 18.3. The zero-order valence-corrected chi connectivity index (χ0v) is 17.0. The van der Waals surface area contributed by atoms with Crippen LogP contribution in [0.1, 0.15) is 31.9 Å². The second kappa shape index (κ2) is 7.64. The number of hydrogen-bond donors (Lipinski definition) is 0. The second-order valence-corrected chi connectivity index (χ2v) is 8.54. The minimum Gasteiger partial charge on any atom is -0.411 e. The second-order valence-electron chi connectivity index (χ2n) is 7.62. The Balaban J connectivity index is 1.41. The first-order valence-corrected chi connectivity index (χ1v) is 10.1. The van der Waals surface area contributed by atoms with E-state index in [2.05, 4.69) is 48.2 Å². The Morgan fingerprint density at radius 3 is 2.43 bits per heavy atom. The molecule has 2 aromatic carbocycles. The summed E-state index contributed by atoms with van der Waals surface area (Å²) in [6.07, 6.45) is 3.88. The molecule has 4 aromatic rings. The van der Waals surface area contributed by atoms with Crippen LogP contribution in [0.25, 0.3) is 17.1 Å². The van der Waals surface area contributed by atoms with E-state index >= 15 is 0 Å². The SMILES string of the molecule is CC(C)(C)c1ccc(-c2nnc(SCc3cnn(-c4ccccc4)c3)o2)cc1. The average Bonchev–Trinajstić information content (AvgIpc) is 3.36. The standard InChI is InChI=1S/C22H22N4OS/c1-22(2,3)18-11-9-17(10-12-18)20-24-25-21(27-20)28-15-16-13-23-26(14-16)19-7-5-4-6-8-19/h4-14H,15H2,1-3H3. The van der Waals surface area contributed by atoms with Gasteiger partial charge in [0.25, 0.3) is 5.22 Å². The molecule has 0 radical (unpaired) electrons. The number of nitrogens with zero attached hydrogens (tertiary/aromatic N) is 4. The topological polar surface area (TPSA) is 56.7 Å². The molecule has 2 heterocycles. The maximum Gasteiger partial charge on any atom is 0.277 e. The first-order chi connectivity index (χ1) is 13.5. The summed E-state index contributed by atoms with van der Waals surface area (Å²) in [4.78, 5) is 0. The minimum absolute atomic E-state index is 0.124. The lowest BCUT2D eigenvalue weighted by molar-refractivity contribution is 0.466. The summed E-state index contributed by atoms with van der Waals surface area (Å²) < 4.78 is 7.69. The molecule has 0 atom stereocenters. The maximum absolute atomic E-state index is 5.82. The quantitative estimate of drug-likeness (QED) is 0.420. The molecule has 0 saturated carbocycles. The normalized spacial score (nSPS) is 11.7. The lowest BCUT2D eigenvalue weighted by Gasteiger charge is -2.18. The fraction of sp³-hybridized carbons (Fsp3) is 0.227. The highest BCUT2D eigenvalue weighted by Gasteiger charge is 2.15. The average molecular weight is 391 g/mol. The molecule has 0 N–H and O–H groups in total. The number of thioether (sulfide) groups is 1. The van der Waals surface area contributed by atoms with Gasteiger partial charge < -0.3 is 4.42 Å². The highest BCUT2D eigenvalue weighted by atomic mass is 32.2. The van der Waals surface area contributed by atoms with E-state index < -0.39 is 0 Å². The van der Waals surface area contributed by atoms with Crippen molar-refractivity contribution in [1.29, 1.82) is 0 Å². The largest absolute Gasteiger partial charge is 0.411 e. The van der Waals surface area contributed by atoms with Crippen molar-refractivity contribution >= 4 is 11.8 Å². The van der Waals surface area contributed by atoms with Gasteiger partial charge in [-0.25, -0.2) is 4.68 Å². The Bertz CT molecular complexity index is 1050. The molecule has 0 bridgehead atoms. The zero-order valence-electron chi connectivity index (χ0n) is 16.2. The van der Waals surface area contributed by atoms with Gasteiger partial charge >= 0.3 is 0 Å². The number of rotatable bonds is 5. The van der Waals surface area contributed by atoms with Crippen LogP contribution in [0.2, 0.25) is 0 Å². The third-order valence-electron chi connectivity index (χ3n) is 4.42. The molecule has 0 aliphatic rings. The molecule has 142 valence electrons. The lowest BCUT2D eigenvalue weighted by atomic mass is 9.87. The van der Waals surface area contributed by atoms with Gasteiger partial charge in [0.1, 0.15) is 0 Å². The van der Waals surface area contributed by atoms with Crippen LogP contribution in [0.15, 0.2) is 76.6 Å². The summed E-state index contributed by atoms with van der Waals surface area (Å²) >= 11 is 1.51. The Morgan fingerprint density at radius 2 is 1.71 bits per heavy atom. The Kier molecular flexibility index (Phi) is 5.05. The monoisotopic (exact) mass is 390 g/mol. The van der Waals surface area contributed by atoms with E-state index in [0.29, 0.717) is 11.1 Å². The number of aromatic nitrogens is 4. The molecule has 0 amide bonds. The summed E-state index contributed by atoms with van der Waals surface area (Å²) in [7, 11) is 0. The molecule has 4 rings (SSSR count). The van der Waals surface area contributed by atoms with Crippen molar-refractivity contribution in [2.75, 3.05) is 0 Å². The summed E-state index contributed by atoms with van der Waals surface area (Å²) in [5, 5.41) is 13.3.